The summed E-state index contributed by atoms with van der Waals surface area (Å²) in [4.78, 5) is 18.5. The Morgan fingerprint density at radius 3 is 2.59 bits per heavy atom. The summed E-state index contributed by atoms with van der Waals surface area (Å²) in [6, 6.07) is 8.22. The quantitative estimate of drug-likeness (QED) is 0.856. The van der Waals surface area contributed by atoms with E-state index in [2.05, 4.69) is 9.97 Å². The van der Waals surface area contributed by atoms with Crippen molar-refractivity contribution in [1.29, 1.82) is 0 Å². The Labute approximate surface area is 103 Å². The molecule has 4 nitrogen and oxygen atoms in total. The van der Waals surface area contributed by atoms with Gasteiger partial charge >= 0.3 is 0 Å². The van der Waals surface area contributed by atoms with Crippen LogP contribution < -0.4 is 11.3 Å². The molecule has 0 aliphatic heterocycles. The first-order chi connectivity index (χ1) is 8.06. The predicted molar refractivity (Wildman–Crippen MR) is 67.9 cm³/mol. The van der Waals surface area contributed by atoms with Gasteiger partial charge in [-0.05, 0) is 31.2 Å². The second kappa shape index (κ2) is 4.69. The van der Waals surface area contributed by atoms with Crippen molar-refractivity contribution >= 4 is 11.6 Å². The molecule has 0 saturated carbocycles. The summed E-state index contributed by atoms with van der Waals surface area (Å²) in [6.45, 7) is 1.79. The van der Waals surface area contributed by atoms with E-state index in [1.54, 1.807) is 31.2 Å². The van der Waals surface area contributed by atoms with Crippen LogP contribution in [0.2, 0.25) is 5.02 Å². The molecule has 88 valence electrons. The molecule has 5 heteroatoms. The van der Waals surface area contributed by atoms with Crippen LogP contribution in [0.4, 0.5) is 0 Å². The highest BCUT2D eigenvalue weighted by Gasteiger charge is 2.06. The normalized spacial score (nSPS) is 12.4. The number of nitrogens with one attached hydrogen (secondary N) is 1. The number of H-pyrrole nitrogens is 1. The van der Waals surface area contributed by atoms with E-state index >= 15 is 0 Å². The molecule has 0 aliphatic carbocycles. The van der Waals surface area contributed by atoms with Gasteiger partial charge in [0.1, 0.15) is 5.82 Å². The molecule has 0 radical (unpaired) electrons. The van der Waals surface area contributed by atoms with Crippen molar-refractivity contribution in [3.05, 3.63) is 51.4 Å². The minimum absolute atomic E-state index is 0.211. The molecule has 3 N–H and O–H groups in total. The molecule has 0 bridgehead atoms. The van der Waals surface area contributed by atoms with E-state index in [0.29, 0.717) is 16.5 Å². The zero-order chi connectivity index (χ0) is 12.4. The molecule has 0 saturated heterocycles. The van der Waals surface area contributed by atoms with E-state index < -0.39 is 0 Å². The summed E-state index contributed by atoms with van der Waals surface area (Å²) in [5.74, 6) is 0.501. The molecular formula is C12H12ClN3O. The van der Waals surface area contributed by atoms with Gasteiger partial charge in [-0.25, -0.2) is 4.98 Å². The maximum absolute atomic E-state index is 11.5. The first kappa shape index (κ1) is 11.8. The van der Waals surface area contributed by atoms with Crippen LogP contribution in [0, 0.1) is 0 Å². The molecule has 2 rings (SSSR count). The molecule has 0 aliphatic rings. The Kier molecular flexibility index (Phi) is 3.26. The lowest BCUT2D eigenvalue weighted by Crippen LogP contribution is -2.15. The zero-order valence-electron chi connectivity index (χ0n) is 9.27. The number of hydrogen-bond donors (Lipinski definition) is 2. The number of aromatic nitrogens is 2. The molecule has 0 amide bonds. The third-order valence-electron chi connectivity index (χ3n) is 2.35. The molecule has 2 aromatic rings. The van der Waals surface area contributed by atoms with E-state index in [4.69, 9.17) is 17.3 Å². The van der Waals surface area contributed by atoms with Crippen molar-refractivity contribution in [2.24, 2.45) is 5.73 Å². The average Bonchev–Trinajstić information content (AvgIpc) is 2.29. The first-order valence-corrected chi connectivity index (χ1v) is 5.57. The van der Waals surface area contributed by atoms with Gasteiger partial charge in [-0.15, -0.1) is 0 Å². The van der Waals surface area contributed by atoms with Gasteiger partial charge in [-0.2, -0.15) is 0 Å². The van der Waals surface area contributed by atoms with Crippen LogP contribution >= 0.6 is 11.6 Å². The highest BCUT2D eigenvalue weighted by atomic mass is 35.5. The monoisotopic (exact) mass is 249 g/mol. The van der Waals surface area contributed by atoms with Gasteiger partial charge in [0.2, 0.25) is 0 Å². The van der Waals surface area contributed by atoms with E-state index in [0.717, 1.165) is 5.56 Å². The summed E-state index contributed by atoms with van der Waals surface area (Å²) in [5.41, 5.74) is 6.87. The van der Waals surface area contributed by atoms with Crippen molar-refractivity contribution < 1.29 is 0 Å². The SMILES string of the molecule is CC(N)c1cc(=O)[nH]c(-c2ccc(Cl)cc2)n1. The van der Waals surface area contributed by atoms with Crippen LogP contribution in [-0.4, -0.2) is 9.97 Å². The van der Waals surface area contributed by atoms with E-state index in [1.165, 1.54) is 6.07 Å². The van der Waals surface area contributed by atoms with E-state index in [9.17, 15) is 4.79 Å². The number of rotatable bonds is 2. The molecule has 17 heavy (non-hydrogen) atoms. The third-order valence-corrected chi connectivity index (χ3v) is 2.60. The highest BCUT2D eigenvalue weighted by molar-refractivity contribution is 6.30. The van der Waals surface area contributed by atoms with Crippen molar-refractivity contribution in [1.82, 2.24) is 9.97 Å². The van der Waals surface area contributed by atoms with Gasteiger partial charge in [-0.1, -0.05) is 11.6 Å². The van der Waals surface area contributed by atoms with Crippen LogP contribution in [0.15, 0.2) is 35.1 Å². The van der Waals surface area contributed by atoms with Crippen molar-refractivity contribution in [2.45, 2.75) is 13.0 Å². The van der Waals surface area contributed by atoms with Gasteiger partial charge in [0.05, 0.1) is 5.69 Å². The molecule has 0 spiro atoms. The maximum atomic E-state index is 11.5. The molecule has 1 aromatic heterocycles. The minimum atomic E-state index is -0.275. The molecule has 1 unspecified atom stereocenters. The Morgan fingerprint density at radius 2 is 2.00 bits per heavy atom. The lowest BCUT2D eigenvalue weighted by molar-refractivity contribution is 0.773. The van der Waals surface area contributed by atoms with Crippen molar-refractivity contribution in [3.63, 3.8) is 0 Å². The fourth-order valence-electron chi connectivity index (χ4n) is 1.45. The van der Waals surface area contributed by atoms with Crippen molar-refractivity contribution in [2.75, 3.05) is 0 Å². The second-order valence-electron chi connectivity index (χ2n) is 3.81. The lowest BCUT2D eigenvalue weighted by atomic mass is 10.2. The van der Waals surface area contributed by atoms with Gasteiger partial charge in [0.25, 0.3) is 5.56 Å². The number of halogens is 1. The standard InChI is InChI=1S/C12H12ClN3O/c1-7(14)10-6-11(17)16-12(15-10)8-2-4-9(13)5-3-8/h2-7H,14H2,1H3,(H,15,16,17). The van der Waals surface area contributed by atoms with Gasteiger partial charge in [0.15, 0.2) is 0 Å². The number of aromatic amines is 1. The summed E-state index contributed by atoms with van der Waals surface area (Å²) in [6.07, 6.45) is 0. The topological polar surface area (TPSA) is 71.8 Å². The fourth-order valence-corrected chi connectivity index (χ4v) is 1.58. The third kappa shape index (κ3) is 2.72. The van der Waals surface area contributed by atoms with Crippen LogP contribution in [0.1, 0.15) is 18.7 Å². The summed E-state index contributed by atoms with van der Waals surface area (Å²) in [5, 5.41) is 0.638. The molecule has 1 aromatic carbocycles. The smallest absolute Gasteiger partial charge is 0.251 e. The van der Waals surface area contributed by atoms with Gasteiger partial charge in [-0.3, -0.25) is 4.79 Å². The van der Waals surface area contributed by atoms with Crippen LogP contribution in [-0.2, 0) is 0 Å². The van der Waals surface area contributed by atoms with Crippen LogP contribution in [0.25, 0.3) is 11.4 Å². The molecular weight excluding hydrogens is 238 g/mol. The predicted octanol–water partition coefficient (Wildman–Crippen LogP) is 2.11. The first-order valence-electron chi connectivity index (χ1n) is 5.19. The number of nitrogens with zero attached hydrogens (tertiary/aromatic N) is 1. The summed E-state index contributed by atoms with van der Waals surface area (Å²) >= 11 is 5.80. The van der Waals surface area contributed by atoms with E-state index in [1.807, 2.05) is 0 Å². The molecule has 1 atom stereocenters. The Hall–Kier alpha value is -1.65. The molecule has 1 heterocycles. The lowest BCUT2D eigenvalue weighted by Gasteiger charge is -2.06. The largest absolute Gasteiger partial charge is 0.323 e. The van der Waals surface area contributed by atoms with Crippen LogP contribution in [0.3, 0.4) is 0 Å². The minimum Gasteiger partial charge on any atom is -0.323 e. The second-order valence-corrected chi connectivity index (χ2v) is 4.25. The summed E-state index contributed by atoms with van der Waals surface area (Å²) < 4.78 is 0. The Morgan fingerprint density at radius 1 is 1.35 bits per heavy atom. The maximum Gasteiger partial charge on any atom is 0.251 e. The van der Waals surface area contributed by atoms with Crippen molar-refractivity contribution in [3.8, 4) is 11.4 Å². The number of benzene rings is 1. The van der Waals surface area contributed by atoms with Crippen LogP contribution in [0.5, 0.6) is 0 Å². The van der Waals surface area contributed by atoms with Gasteiger partial charge < -0.3 is 10.7 Å². The Balaban J connectivity index is 2.52. The average molecular weight is 250 g/mol. The number of hydrogen-bond acceptors (Lipinski definition) is 3. The highest BCUT2D eigenvalue weighted by Crippen LogP contribution is 2.18. The zero-order valence-corrected chi connectivity index (χ0v) is 10.0. The fraction of sp³-hybridized carbons (Fsp3) is 0.167. The molecule has 0 fully saturated rings. The number of nitrogens with two attached hydrogens (primary N) is 1. The Bertz CT molecular complexity index is 575. The van der Waals surface area contributed by atoms with Gasteiger partial charge in [0, 0.05) is 22.7 Å². The summed E-state index contributed by atoms with van der Waals surface area (Å²) in [7, 11) is 0. The van der Waals surface area contributed by atoms with E-state index in [-0.39, 0.29) is 11.6 Å².